The highest BCUT2D eigenvalue weighted by molar-refractivity contribution is 9.10. The van der Waals surface area contributed by atoms with Crippen molar-refractivity contribution in [2.45, 2.75) is 12.8 Å². The number of carbonyl (C=O) groups excluding carboxylic acids is 1. The number of anilines is 1. The van der Waals surface area contributed by atoms with Crippen molar-refractivity contribution >= 4 is 48.6 Å². The lowest BCUT2D eigenvalue weighted by Gasteiger charge is -2.11. The standard InChI is InChI=1S/C18H15BrN2O2S/c19-13-5-3-12(4-6-13)17(22)23-14-7-8-15-16(11-14)24-18(20-15)21-9-1-2-10-21/h3-8,11H,1-2,9-10H2. The number of halogens is 1. The molecule has 6 heteroatoms. The summed E-state index contributed by atoms with van der Waals surface area (Å²) in [5.74, 6) is 0.193. The highest BCUT2D eigenvalue weighted by atomic mass is 79.9. The molecule has 0 unspecified atom stereocenters. The minimum Gasteiger partial charge on any atom is -0.423 e. The van der Waals surface area contributed by atoms with E-state index in [2.05, 4.69) is 25.8 Å². The third-order valence-electron chi connectivity index (χ3n) is 4.02. The topological polar surface area (TPSA) is 42.4 Å². The Hall–Kier alpha value is -1.92. The molecule has 122 valence electrons. The Balaban J connectivity index is 1.55. The number of fused-ring (bicyclic) bond motifs is 1. The molecule has 1 aromatic heterocycles. The van der Waals surface area contributed by atoms with Gasteiger partial charge in [0.15, 0.2) is 5.13 Å². The van der Waals surface area contributed by atoms with E-state index in [1.165, 1.54) is 12.8 Å². The summed E-state index contributed by atoms with van der Waals surface area (Å²) in [6, 6.07) is 12.7. The first kappa shape index (κ1) is 15.6. The van der Waals surface area contributed by atoms with Crippen molar-refractivity contribution in [3.8, 4) is 5.75 Å². The predicted molar refractivity (Wildman–Crippen MR) is 100 cm³/mol. The number of ether oxygens (including phenoxy) is 1. The van der Waals surface area contributed by atoms with Crippen LogP contribution in [0.3, 0.4) is 0 Å². The summed E-state index contributed by atoms with van der Waals surface area (Å²) >= 11 is 5.01. The number of esters is 1. The fourth-order valence-electron chi connectivity index (χ4n) is 2.75. The van der Waals surface area contributed by atoms with Gasteiger partial charge in [0, 0.05) is 23.6 Å². The van der Waals surface area contributed by atoms with Crippen LogP contribution < -0.4 is 9.64 Å². The summed E-state index contributed by atoms with van der Waals surface area (Å²) in [6.45, 7) is 2.15. The Kier molecular flexibility index (Phi) is 4.24. The summed E-state index contributed by atoms with van der Waals surface area (Å²) in [5, 5.41) is 1.05. The van der Waals surface area contributed by atoms with Crippen LogP contribution in [0.1, 0.15) is 23.2 Å². The van der Waals surface area contributed by atoms with Crippen LogP contribution in [0.25, 0.3) is 10.2 Å². The summed E-state index contributed by atoms with van der Waals surface area (Å²) in [7, 11) is 0. The van der Waals surface area contributed by atoms with Gasteiger partial charge in [-0.2, -0.15) is 0 Å². The van der Waals surface area contributed by atoms with Gasteiger partial charge >= 0.3 is 5.97 Å². The first-order valence-corrected chi connectivity index (χ1v) is 9.43. The van der Waals surface area contributed by atoms with E-state index in [4.69, 9.17) is 4.74 Å². The third-order valence-corrected chi connectivity index (χ3v) is 5.62. The van der Waals surface area contributed by atoms with Crippen LogP contribution in [-0.4, -0.2) is 24.0 Å². The molecule has 0 amide bonds. The van der Waals surface area contributed by atoms with E-state index in [0.717, 1.165) is 32.9 Å². The van der Waals surface area contributed by atoms with E-state index in [1.54, 1.807) is 29.5 Å². The average Bonchev–Trinajstić information content (AvgIpc) is 3.24. The minimum atomic E-state index is -0.355. The lowest BCUT2D eigenvalue weighted by Crippen LogP contribution is -2.16. The maximum absolute atomic E-state index is 12.2. The van der Waals surface area contributed by atoms with Gasteiger partial charge in [-0.1, -0.05) is 27.3 Å². The average molecular weight is 403 g/mol. The molecule has 24 heavy (non-hydrogen) atoms. The van der Waals surface area contributed by atoms with Crippen molar-refractivity contribution in [2.75, 3.05) is 18.0 Å². The van der Waals surface area contributed by atoms with Gasteiger partial charge in [-0.15, -0.1) is 0 Å². The smallest absolute Gasteiger partial charge is 0.343 e. The normalized spacial score (nSPS) is 14.3. The quantitative estimate of drug-likeness (QED) is 0.462. The summed E-state index contributed by atoms with van der Waals surface area (Å²) in [4.78, 5) is 19.2. The molecule has 4 rings (SSSR count). The molecule has 0 bridgehead atoms. The Morgan fingerprint density at radius 2 is 1.88 bits per heavy atom. The van der Waals surface area contributed by atoms with Crippen LogP contribution in [0.5, 0.6) is 5.75 Å². The second-order valence-corrected chi connectivity index (χ2v) is 7.64. The Morgan fingerprint density at radius 1 is 1.12 bits per heavy atom. The number of thiazole rings is 1. The fraction of sp³-hybridized carbons (Fsp3) is 0.222. The van der Waals surface area contributed by atoms with E-state index in [0.29, 0.717) is 11.3 Å². The van der Waals surface area contributed by atoms with Crippen LogP contribution >= 0.6 is 27.3 Å². The van der Waals surface area contributed by atoms with Crippen molar-refractivity contribution in [2.24, 2.45) is 0 Å². The van der Waals surface area contributed by atoms with Gasteiger partial charge in [-0.05, 0) is 49.2 Å². The zero-order valence-corrected chi connectivity index (χ0v) is 15.3. The molecule has 1 aliphatic rings. The highest BCUT2D eigenvalue weighted by Gasteiger charge is 2.17. The minimum absolute atomic E-state index is 0.355. The zero-order valence-electron chi connectivity index (χ0n) is 12.9. The second kappa shape index (κ2) is 6.53. The van der Waals surface area contributed by atoms with Crippen molar-refractivity contribution in [1.82, 2.24) is 4.98 Å². The first-order chi connectivity index (χ1) is 11.7. The van der Waals surface area contributed by atoms with Crippen LogP contribution in [0.15, 0.2) is 46.9 Å². The van der Waals surface area contributed by atoms with Gasteiger partial charge in [-0.3, -0.25) is 0 Å². The largest absolute Gasteiger partial charge is 0.423 e. The lowest BCUT2D eigenvalue weighted by atomic mass is 10.2. The van der Waals surface area contributed by atoms with Crippen molar-refractivity contribution in [3.05, 3.63) is 52.5 Å². The molecule has 1 aliphatic heterocycles. The third kappa shape index (κ3) is 3.16. The number of nitrogens with zero attached hydrogens (tertiary/aromatic N) is 2. The number of aromatic nitrogens is 1. The molecule has 0 aliphatic carbocycles. The maximum Gasteiger partial charge on any atom is 0.343 e. The number of benzene rings is 2. The van der Waals surface area contributed by atoms with Crippen LogP contribution in [-0.2, 0) is 0 Å². The molecule has 4 nitrogen and oxygen atoms in total. The van der Waals surface area contributed by atoms with E-state index in [1.807, 2.05) is 24.3 Å². The van der Waals surface area contributed by atoms with E-state index in [-0.39, 0.29) is 5.97 Å². The van der Waals surface area contributed by atoms with E-state index >= 15 is 0 Å². The van der Waals surface area contributed by atoms with Crippen LogP contribution in [0, 0.1) is 0 Å². The van der Waals surface area contributed by atoms with Crippen LogP contribution in [0.4, 0.5) is 5.13 Å². The number of hydrogen-bond acceptors (Lipinski definition) is 5. The zero-order chi connectivity index (χ0) is 16.5. The molecule has 3 aromatic rings. The van der Waals surface area contributed by atoms with Gasteiger partial charge in [0.05, 0.1) is 15.8 Å². The predicted octanol–water partition coefficient (Wildman–Crippen LogP) is 4.88. The Bertz CT molecular complexity index is 886. The van der Waals surface area contributed by atoms with Gasteiger partial charge < -0.3 is 9.64 Å². The molecule has 0 radical (unpaired) electrons. The molecule has 2 heterocycles. The van der Waals surface area contributed by atoms with Crippen molar-refractivity contribution < 1.29 is 9.53 Å². The molecule has 2 aromatic carbocycles. The van der Waals surface area contributed by atoms with Gasteiger partial charge in [0.1, 0.15) is 5.75 Å². The summed E-state index contributed by atoms with van der Waals surface area (Å²) in [6.07, 6.45) is 2.46. The van der Waals surface area contributed by atoms with E-state index in [9.17, 15) is 4.79 Å². The molecule has 0 N–H and O–H groups in total. The second-order valence-electron chi connectivity index (χ2n) is 5.72. The lowest BCUT2D eigenvalue weighted by molar-refractivity contribution is 0.0735. The number of carbonyl (C=O) groups is 1. The van der Waals surface area contributed by atoms with Gasteiger partial charge in [0.25, 0.3) is 0 Å². The molecule has 1 saturated heterocycles. The Labute approximate surface area is 152 Å². The molecular weight excluding hydrogens is 388 g/mol. The fourth-order valence-corrected chi connectivity index (χ4v) is 4.06. The number of hydrogen-bond donors (Lipinski definition) is 0. The van der Waals surface area contributed by atoms with E-state index < -0.39 is 0 Å². The molecule has 0 spiro atoms. The molecule has 0 atom stereocenters. The highest BCUT2D eigenvalue weighted by Crippen LogP contribution is 2.33. The monoisotopic (exact) mass is 402 g/mol. The molecule has 0 saturated carbocycles. The summed E-state index contributed by atoms with van der Waals surface area (Å²) in [5.41, 5.74) is 1.48. The number of rotatable bonds is 3. The first-order valence-electron chi connectivity index (χ1n) is 7.82. The SMILES string of the molecule is O=C(Oc1ccc2nc(N3CCCC3)sc2c1)c1ccc(Br)cc1. The summed E-state index contributed by atoms with van der Waals surface area (Å²) < 4.78 is 7.46. The molecular formula is C18H15BrN2O2S. The van der Waals surface area contributed by atoms with Crippen molar-refractivity contribution in [3.63, 3.8) is 0 Å². The van der Waals surface area contributed by atoms with Crippen LogP contribution in [0.2, 0.25) is 0 Å². The van der Waals surface area contributed by atoms with Gasteiger partial charge in [-0.25, -0.2) is 9.78 Å². The van der Waals surface area contributed by atoms with Gasteiger partial charge in [0.2, 0.25) is 0 Å². The molecule has 1 fully saturated rings. The maximum atomic E-state index is 12.2. The Morgan fingerprint density at radius 3 is 2.62 bits per heavy atom. The van der Waals surface area contributed by atoms with Crippen molar-refractivity contribution in [1.29, 1.82) is 0 Å².